The normalized spacial score (nSPS) is 17.4. The van der Waals surface area contributed by atoms with Gasteiger partial charge in [-0.2, -0.15) is 11.8 Å². The fraction of sp³-hybridized carbons (Fsp3) is 0.533. The van der Waals surface area contributed by atoms with Crippen molar-refractivity contribution in [3.8, 4) is 0 Å². The molecule has 1 saturated heterocycles. The molecule has 1 aromatic carbocycles. The molecule has 0 bridgehead atoms. The maximum Gasteiger partial charge on any atom is 0.269 e. The van der Waals surface area contributed by atoms with E-state index >= 15 is 0 Å². The Balaban J connectivity index is 0.00000264. The Kier molecular flexibility index (Phi) is 9.30. The molecule has 0 spiro atoms. The second-order valence-electron chi connectivity index (χ2n) is 5.14. The van der Waals surface area contributed by atoms with Crippen molar-refractivity contribution in [1.82, 2.24) is 10.6 Å². The lowest BCUT2D eigenvalue weighted by Gasteiger charge is -2.14. The topological polar surface area (TPSA) is 79.6 Å². The minimum atomic E-state index is -0.381. The highest BCUT2D eigenvalue weighted by atomic mass is 127. The van der Waals surface area contributed by atoms with Gasteiger partial charge in [-0.15, -0.1) is 24.0 Å². The molecule has 23 heavy (non-hydrogen) atoms. The number of nitrogens with one attached hydrogen (secondary N) is 2. The maximum atomic E-state index is 10.8. The second kappa shape index (κ2) is 10.7. The lowest BCUT2D eigenvalue weighted by Crippen LogP contribution is -2.40. The Hall–Kier alpha value is -1.03. The van der Waals surface area contributed by atoms with Crippen LogP contribution in [0.4, 0.5) is 5.69 Å². The Morgan fingerprint density at radius 1 is 1.48 bits per heavy atom. The number of thioether (sulfide) groups is 1. The maximum absolute atomic E-state index is 10.8. The summed E-state index contributed by atoms with van der Waals surface area (Å²) < 4.78 is 0. The van der Waals surface area contributed by atoms with Crippen LogP contribution in [0.1, 0.15) is 25.3 Å². The van der Waals surface area contributed by atoms with Gasteiger partial charge in [0, 0.05) is 30.5 Å². The predicted molar refractivity (Wildman–Crippen MR) is 107 cm³/mol. The summed E-state index contributed by atoms with van der Waals surface area (Å²) in [7, 11) is 0. The number of guanidine groups is 1. The summed E-state index contributed by atoms with van der Waals surface area (Å²) in [6, 6.07) is 6.61. The van der Waals surface area contributed by atoms with Crippen molar-refractivity contribution in [1.29, 1.82) is 0 Å². The largest absolute Gasteiger partial charge is 0.357 e. The SMILES string of the molecule is CCNC(=NCc1cccc([N+](=O)[O-])c1)NCC1CCCS1.I. The first-order valence-electron chi connectivity index (χ1n) is 7.56. The van der Waals surface area contributed by atoms with Crippen LogP contribution in [0.25, 0.3) is 0 Å². The van der Waals surface area contributed by atoms with E-state index in [9.17, 15) is 10.1 Å². The molecule has 1 aromatic rings. The van der Waals surface area contributed by atoms with E-state index in [1.165, 1.54) is 24.7 Å². The van der Waals surface area contributed by atoms with Gasteiger partial charge in [-0.05, 0) is 31.1 Å². The van der Waals surface area contributed by atoms with Gasteiger partial charge in [0.2, 0.25) is 0 Å². The number of nitrogens with zero attached hydrogens (tertiary/aromatic N) is 2. The third kappa shape index (κ3) is 6.94. The lowest BCUT2D eigenvalue weighted by atomic mass is 10.2. The van der Waals surface area contributed by atoms with Crippen LogP contribution in [0.15, 0.2) is 29.3 Å². The van der Waals surface area contributed by atoms with Gasteiger partial charge in [0.25, 0.3) is 5.69 Å². The summed E-state index contributed by atoms with van der Waals surface area (Å²) in [4.78, 5) is 14.9. The minimum absolute atomic E-state index is 0. The van der Waals surface area contributed by atoms with Crippen LogP contribution >= 0.6 is 35.7 Å². The number of aliphatic imine (C=N–C) groups is 1. The smallest absolute Gasteiger partial charge is 0.269 e. The highest BCUT2D eigenvalue weighted by Gasteiger charge is 2.15. The molecule has 0 radical (unpaired) electrons. The van der Waals surface area contributed by atoms with E-state index in [-0.39, 0.29) is 34.6 Å². The summed E-state index contributed by atoms with van der Waals surface area (Å²) >= 11 is 2.00. The third-order valence-electron chi connectivity index (χ3n) is 3.41. The Morgan fingerprint density at radius 3 is 2.96 bits per heavy atom. The minimum Gasteiger partial charge on any atom is -0.357 e. The molecule has 0 aromatic heterocycles. The summed E-state index contributed by atoms with van der Waals surface area (Å²) in [5, 5.41) is 18.0. The van der Waals surface area contributed by atoms with E-state index in [1.54, 1.807) is 12.1 Å². The molecule has 1 fully saturated rings. The average Bonchev–Trinajstić information content (AvgIpc) is 3.03. The van der Waals surface area contributed by atoms with Crippen molar-refractivity contribution in [3.05, 3.63) is 39.9 Å². The van der Waals surface area contributed by atoms with Crippen LogP contribution < -0.4 is 10.6 Å². The average molecular weight is 450 g/mol. The van der Waals surface area contributed by atoms with Gasteiger partial charge in [-0.25, -0.2) is 4.99 Å². The lowest BCUT2D eigenvalue weighted by molar-refractivity contribution is -0.384. The van der Waals surface area contributed by atoms with Gasteiger partial charge in [0.1, 0.15) is 0 Å². The number of rotatable bonds is 6. The van der Waals surface area contributed by atoms with E-state index in [0.29, 0.717) is 11.8 Å². The van der Waals surface area contributed by atoms with Crippen molar-refractivity contribution in [2.75, 3.05) is 18.8 Å². The molecule has 8 heteroatoms. The molecule has 0 saturated carbocycles. The van der Waals surface area contributed by atoms with Crippen molar-refractivity contribution in [2.45, 2.75) is 31.6 Å². The highest BCUT2D eigenvalue weighted by molar-refractivity contribution is 14.0. The van der Waals surface area contributed by atoms with E-state index < -0.39 is 0 Å². The third-order valence-corrected chi connectivity index (χ3v) is 4.80. The van der Waals surface area contributed by atoms with Gasteiger partial charge in [-0.1, -0.05) is 12.1 Å². The van der Waals surface area contributed by atoms with Crippen LogP contribution in [0.2, 0.25) is 0 Å². The zero-order valence-corrected chi connectivity index (χ0v) is 16.3. The number of nitro groups is 1. The monoisotopic (exact) mass is 450 g/mol. The number of benzene rings is 1. The van der Waals surface area contributed by atoms with Crippen LogP contribution in [0.3, 0.4) is 0 Å². The van der Waals surface area contributed by atoms with Crippen molar-refractivity contribution < 1.29 is 4.92 Å². The van der Waals surface area contributed by atoms with Crippen LogP contribution in [0.5, 0.6) is 0 Å². The van der Waals surface area contributed by atoms with Crippen molar-refractivity contribution in [2.24, 2.45) is 4.99 Å². The summed E-state index contributed by atoms with van der Waals surface area (Å²) in [5.74, 6) is 2.01. The molecule has 1 atom stereocenters. The standard InChI is InChI=1S/C15H22N4O2S.HI/c1-2-16-15(18-11-14-7-4-8-22-14)17-10-12-5-3-6-13(9-12)19(20)21;/h3,5-6,9,14H,2,4,7-8,10-11H2,1H3,(H2,16,17,18);1H. The molecule has 1 aliphatic rings. The Labute approximate surface area is 158 Å². The van der Waals surface area contributed by atoms with Gasteiger partial charge in [-0.3, -0.25) is 10.1 Å². The number of hydrogen-bond acceptors (Lipinski definition) is 4. The van der Waals surface area contributed by atoms with Gasteiger partial charge in [0.05, 0.1) is 11.5 Å². The van der Waals surface area contributed by atoms with E-state index in [2.05, 4.69) is 15.6 Å². The van der Waals surface area contributed by atoms with Crippen LogP contribution in [-0.4, -0.2) is 35.0 Å². The van der Waals surface area contributed by atoms with Gasteiger partial charge >= 0.3 is 0 Å². The van der Waals surface area contributed by atoms with Gasteiger partial charge in [0.15, 0.2) is 5.96 Å². The number of non-ortho nitro benzene ring substituents is 1. The Bertz CT molecular complexity index is 536. The molecule has 1 aliphatic heterocycles. The van der Waals surface area contributed by atoms with Crippen LogP contribution in [0, 0.1) is 10.1 Å². The quantitative estimate of drug-likeness (QED) is 0.229. The zero-order valence-electron chi connectivity index (χ0n) is 13.2. The molecule has 2 rings (SSSR count). The molecular formula is C15H23IN4O2S. The summed E-state index contributed by atoms with van der Waals surface area (Å²) in [6.07, 6.45) is 2.54. The molecule has 0 aliphatic carbocycles. The summed E-state index contributed by atoms with van der Waals surface area (Å²) in [5.41, 5.74) is 0.939. The molecule has 128 valence electrons. The van der Waals surface area contributed by atoms with E-state index in [1.807, 2.05) is 24.8 Å². The van der Waals surface area contributed by atoms with Crippen molar-refractivity contribution >= 4 is 47.4 Å². The Morgan fingerprint density at radius 2 is 2.30 bits per heavy atom. The molecular weight excluding hydrogens is 427 g/mol. The zero-order chi connectivity index (χ0) is 15.8. The second-order valence-corrected chi connectivity index (χ2v) is 6.55. The predicted octanol–water partition coefficient (Wildman–Crippen LogP) is 3.16. The number of halogens is 1. The van der Waals surface area contributed by atoms with Gasteiger partial charge < -0.3 is 10.6 Å². The fourth-order valence-corrected chi connectivity index (χ4v) is 3.50. The first-order chi connectivity index (χ1) is 10.7. The highest BCUT2D eigenvalue weighted by Crippen LogP contribution is 2.25. The molecule has 1 unspecified atom stereocenters. The fourth-order valence-electron chi connectivity index (χ4n) is 2.30. The molecule has 6 nitrogen and oxygen atoms in total. The molecule has 0 amide bonds. The van der Waals surface area contributed by atoms with Crippen LogP contribution in [-0.2, 0) is 6.54 Å². The molecule has 2 N–H and O–H groups in total. The molecule has 1 heterocycles. The first-order valence-corrected chi connectivity index (χ1v) is 8.61. The van der Waals surface area contributed by atoms with Crippen molar-refractivity contribution in [3.63, 3.8) is 0 Å². The van der Waals surface area contributed by atoms with E-state index in [4.69, 9.17) is 0 Å². The number of nitro benzene ring substituents is 1. The summed E-state index contributed by atoms with van der Waals surface area (Å²) in [6.45, 7) is 4.15. The first kappa shape index (κ1) is 20.0. The number of hydrogen-bond donors (Lipinski definition) is 2. The van der Waals surface area contributed by atoms with E-state index in [0.717, 1.165) is 24.6 Å².